The van der Waals surface area contributed by atoms with Crippen molar-refractivity contribution < 1.29 is 17.9 Å². The molecule has 0 amide bonds. The highest BCUT2D eigenvalue weighted by Crippen LogP contribution is 2.24. The fourth-order valence-electron chi connectivity index (χ4n) is 1.70. The lowest BCUT2D eigenvalue weighted by Gasteiger charge is -2.13. The molecule has 1 aromatic heterocycles. The van der Waals surface area contributed by atoms with E-state index in [2.05, 4.69) is 9.71 Å². The van der Waals surface area contributed by atoms with E-state index in [1.54, 1.807) is 12.1 Å². The maximum Gasteiger partial charge on any atom is 0.245 e. The van der Waals surface area contributed by atoms with Gasteiger partial charge in [0, 0.05) is 18.9 Å². The molecule has 0 saturated carbocycles. The number of nitrogens with one attached hydrogen (secondary N) is 1. The zero-order valence-corrected chi connectivity index (χ0v) is 12.3. The Hall–Kier alpha value is -1.54. The molecule has 0 bridgehead atoms. The second kappa shape index (κ2) is 6.48. The molecule has 0 aliphatic heterocycles. The number of hydrogen-bond donors (Lipinski definition) is 2. The molecule has 5 nitrogen and oxygen atoms in total. The minimum Gasteiger partial charge on any atom is -0.387 e. The topological polar surface area (TPSA) is 79.3 Å². The molecule has 0 fully saturated rings. The third-order valence-electron chi connectivity index (χ3n) is 2.75. The number of sulfonamides is 1. The summed E-state index contributed by atoms with van der Waals surface area (Å²) < 4.78 is 39.9. The van der Waals surface area contributed by atoms with Gasteiger partial charge in [0.1, 0.15) is 10.7 Å². The summed E-state index contributed by atoms with van der Waals surface area (Å²) >= 11 is 5.72. The fourth-order valence-corrected chi connectivity index (χ4v) is 3.34. The maximum absolute atomic E-state index is 13.6. The van der Waals surface area contributed by atoms with Gasteiger partial charge in [-0.1, -0.05) is 17.7 Å². The van der Waals surface area contributed by atoms with E-state index in [-0.39, 0.29) is 11.6 Å². The normalized spacial score (nSPS) is 13.1. The standard InChI is InChI=1S/C13H12ClFN2O3S/c14-10-2-1-3-11(15)13(10)21(19,20)17-8-12(18)9-4-6-16-7-5-9/h1-7,12,17-18H,8H2/t12-/m0/s1. The molecule has 1 heterocycles. The van der Waals surface area contributed by atoms with Gasteiger partial charge in [-0.2, -0.15) is 0 Å². The molecule has 2 N–H and O–H groups in total. The molecule has 2 aromatic rings. The van der Waals surface area contributed by atoms with Crippen molar-refractivity contribution in [3.63, 3.8) is 0 Å². The Morgan fingerprint density at radius 2 is 1.95 bits per heavy atom. The van der Waals surface area contributed by atoms with Gasteiger partial charge in [0.05, 0.1) is 11.1 Å². The van der Waals surface area contributed by atoms with Crippen molar-refractivity contribution in [2.45, 2.75) is 11.0 Å². The van der Waals surface area contributed by atoms with E-state index in [1.165, 1.54) is 24.5 Å². The first kappa shape index (κ1) is 15.8. The molecule has 0 spiro atoms. The predicted molar refractivity (Wildman–Crippen MR) is 75.8 cm³/mol. The smallest absolute Gasteiger partial charge is 0.245 e. The van der Waals surface area contributed by atoms with Crippen LogP contribution in [0.4, 0.5) is 4.39 Å². The molecule has 1 atom stereocenters. The number of benzene rings is 1. The first-order chi connectivity index (χ1) is 9.92. The Morgan fingerprint density at radius 3 is 2.57 bits per heavy atom. The van der Waals surface area contributed by atoms with E-state index in [9.17, 15) is 17.9 Å². The zero-order valence-electron chi connectivity index (χ0n) is 10.7. The quantitative estimate of drug-likeness (QED) is 0.877. The summed E-state index contributed by atoms with van der Waals surface area (Å²) in [6, 6.07) is 6.69. The molecule has 0 aliphatic carbocycles. The second-order valence-electron chi connectivity index (χ2n) is 4.20. The second-order valence-corrected chi connectivity index (χ2v) is 6.31. The van der Waals surface area contributed by atoms with Crippen molar-refractivity contribution in [3.8, 4) is 0 Å². The number of halogens is 2. The van der Waals surface area contributed by atoms with Crippen LogP contribution in [-0.4, -0.2) is 25.1 Å². The van der Waals surface area contributed by atoms with Gasteiger partial charge in [-0.25, -0.2) is 17.5 Å². The predicted octanol–water partition coefficient (Wildman–Crippen LogP) is 1.89. The Labute approximate surface area is 126 Å². The van der Waals surface area contributed by atoms with Gasteiger partial charge in [0.15, 0.2) is 0 Å². The molecule has 0 radical (unpaired) electrons. The van der Waals surface area contributed by atoms with Gasteiger partial charge < -0.3 is 5.11 Å². The SMILES string of the molecule is O=S(=O)(NC[C@H](O)c1ccncc1)c1c(F)cccc1Cl. The monoisotopic (exact) mass is 330 g/mol. The van der Waals surface area contributed by atoms with Crippen LogP contribution in [0.25, 0.3) is 0 Å². The van der Waals surface area contributed by atoms with Crippen molar-refractivity contribution >= 4 is 21.6 Å². The van der Waals surface area contributed by atoms with Gasteiger partial charge in [-0.05, 0) is 29.8 Å². The van der Waals surface area contributed by atoms with Crippen LogP contribution < -0.4 is 4.72 Å². The van der Waals surface area contributed by atoms with Crippen molar-refractivity contribution in [2.75, 3.05) is 6.54 Å². The third-order valence-corrected chi connectivity index (χ3v) is 4.67. The molecule has 1 aromatic carbocycles. The Kier molecular flexibility index (Phi) is 4.89. The fraction of sp³-hybridized carbons (Fsp3) is 0.154. The number of rotatable bonds is 5. The largest absolute Gasteiger partial charge is 0.387 e. The van der Waals surface area contributed by atoms with Gasteiger partial charge in [-0.3, -0.25) is 4.98 Å². The maximum atomic E-state index is 13.6. The van der Waals surface area contributed by atoms with Gasteiger partial charge in [0.25, 0.3) is 0 Å². The van der Waals surface area contributed by atoms with Crippen LogP contribution in [0.1, 0.15) is 11.7 Å². The lowest BCUT2D eigenvalue weighted by molar-refractivity contribution is 0.182. The minimum atomic E-state index is -4.16. The van der Waals surface area contributed by atoms with Crippen LogP contribution in [0.3, 0.4) is 0 Å². The van der Waals surface area contributed by atoms with E-state index in [4.69, 9.17) is 11.6 Å². The molecule has 0 aliphatic rings. The summed E-state index contributed by atoms with van der Waals surface area (Å²) in [6.45, 7) is -0.309. The molecule has 0 unspecified atom stereocenters. The highest BCUT2D eigenvalue weighted by atomic mass is 35.5. The van der Waals surface area contributed by atoms with E-state index in [1.807, 2.05) is 0 Å². The van der Waals surface area contributed by atoms with Crippen LogP contribution in [-0.2, 0) is 10.0 Å². The Morgan fingerprint density at radius 1 is 1.29 bits per heavy atom. The molecule has 8 heteroatoms. The molecule has 112 valence electrons. The lowest BCUT2D eigenvalue weighted by Crippen LogP contribution is -2.29. The minimum absolute atomic E-state index is 0.221. The summed E-state index contributed by atoms with van der Waals surface area (Å²) in [5.41, 5.74) is 0.493. The molecule has 0 saturated heterocycles. The first-order valence-electron chi connectivity index (χ1n) is 5.93. The van der Waals surface area contributed by atoms with Crippen molar-refractivity contribution in [1.29, 1.82) is 0 Å². The third kappa shape index (κ3) is 3.76. The van der Waals surface area contributed by atoms with Crippen LogP contribution in [0.2, 0.25) is 5.02 Å². The first-order valence-corrected chi connectivity index (χ1v) is 7.79. The number of aliphatic hydroxyl groups is 1. The number of aliphatic hydroxyl groups excluding tert-OH is 1. The summed E-state index contributed by atoms with van der Waals surface area (Å²) in [4.78, 5) is 3.16. The number of pyridine rings is 1. The highest BCUT2D eigenvalue weighted by molar-refractivity contribution is 7.89. The van der Waals surface area contributed by atoms with Crippen molar-refractivity contribution in [3.05, 3.63) is 59.1 Å². The molecular formula is C13H12ClFN2O3S. The summed E-state index contributed by atoms with van der Waals surface area (Å²) in [5.74, 6) is -0.951. The molecule has 2 rings (SSSR count). The highest BCUT2D eigenvalue weighted by Gasteiger charge is 2.23. The van der Waals surface area contributed by atoms with Gasteiger partial charge in [0.2, 0.25) is 10.0 Å². The van der Waals surface area contributed by atoms with Crippen molar-refractivity contribution in [1.82, 2.24) is 9.71 Å². The van der Waals surface area contributed by atoms with E-state index in [0.29, 0.717) is 5.56 Å². The average Bonchev–Trinajstić information content (AvgIpc) is 2.45. The molecular weight excluding hydrogens is 319 g/mol. The summed E-state index contributed by atoms with van der Waals surface area (Å²) in [6.07, 6.45) is 1.87. The summed E-state index contributed by atoms with van der Waals surface area (Å²) in [7, 11) is -4.16. The van der Waals surface area contributed by atoms with Crippen LogP contribution >= 0.6 is 11.6 Å². The van der Waals surface area contributed by atoms with Crippen LogP contribution in [0, 0.1) is 5.82 Å². The van der Waals surface area contributed by atoms with E-state index < -0.39 is 26.8 Å². The average molecular weight is 331 g/mol. The summed E-state index contributed by atoms with van der Waals surface area (Å²) in [5, 5.41) is 9.67. The van der Waals surface area contributed by atoms with Gasteiger partial charge in [-0.15, -0.1) is 0 Å². The molecule has 21 heavy (non-hydrogen) atoms. The number of hydrogen-bond acceptors (Lipinski definition) is 4. The Balaban J connectivity index is 2.16. The zero-order chi connectivity index (χ0) is 15.5. The van der Waals surface area contributed by atoms with Crippen LogP contribution in [0.5, 0.6) is 0 Å². The van der Waals surface area contributed by atoms with E-state index in [0.717, 1.165) is 6.07 Å². The van der Waals surface area contributed by atoms with Crippen LogP contribution in [0.15, 0.2) is 47.6 Å². The Bertz CT molecular complexity index is 705. The van der Waals surface area contributed by atoms with Gasteiger partial charge >= 0.3 is 0 Å². The van der Waals surface area contributed by atoms with E-state index >= 15 is 0 Å². The number of nitrogens with zero attached hydrogens (tertiary/aromatic N) is 1. The lowest BCUT2D eigenvalue weighted by atomic mass is 10.1. The van der Waals surface area contributed by atoms with Crippen molar-refractivity contribution in [2.24, 2.45) is 0 Å². The number of aromatic nitrogens is 1.